The van der Waals surface area contributed by atoms with Crippen molar-refractivity contribution in [2.45, 2.75) is 46.0 Å². The Balaban J connectivity index is 0.00000242. The third-order valence-corrected chi connectivity index (χ3v) is 4.05. The Bertz CT molecular complexity index is 506. The molecule has 1 amide bonds. The lowest BCUT2D eigenvalue weighted by atomic mass is 10.0. The highest BCUT2D eigenvalue weighted by molar-refractivity contribution is 6.01. The highest BCUT2D eigenvalue weighted by Gasteiger charge is 2.23. The standard InChI is InChI=1S/C17H26N2O2.ClH/c1-3-5-10-19(9-4-2)11-8-13-6-7-15(20)17-14(13)12-16(21)18-17;/h6-7,20H,3-5,8-12H2,1-2H3,(H,18,21);1H. The normalized spacial score (nSPS) is 13.0. The number of nitrogens with one attached hydrogen (secondary N) is 1. The fourth-order valence-corrected chi connectivity index (χ4v) is 2.91. The van der Waals surface area contributed by atoms with E-state index in [-0.39, 0.29) is 24.1 Å². The predicted octanol–water partition coefficient (Wildman–Crippen LogP) is 3.36. The van der Waals surface area contributed by atoms with Gasteiger partial charge in [-0.25, -0.2) is 0 Å². The number of phenolic OH excluding ortho intramolecular Hbond substituents is 1. The third kappa shape index (κ3) is 4.62. The van der Waals surface area contributed by atoms with E-state index in [1.165, 1.54) is 18.4 Å². The van der Waals surface area contributed by atoms with Crippen LogP contribution in [-0.2, 0) is 17.6 Å². The van der Waals surface area contributed by atoms with E-state index in [4.69, 9.17) is 0 Å². The van der Waals surface area contributed by atoms with Gasteiger partial charge in [0.15, 0.2) is 0 Å². The van der Waals surface area contributed by atoms with E-state index >= 15 is 0 Å². The van der Waals surface area contributed by atoms with Gasteiger partial charge >= 0.3 is 0 Å². The van der Waals surface area contributed by atoms with Crippen molar-refractivity contribution in [3.63, 3.8) is 0 Å². The van der Waals surface area contributed by atoms with Crippen molar-refractivity contribution in [2.24, 2.45) is 0 Å². The molecule has 1 aromatic rings. The van der Waals surface area contributed by atoms with Crippen LogP contribution in [-0.4, -0.2) is 35.5 Å². The van der Waals surface area contributed by atoms with Crippen molar-refractivity contribution >= 4 is 24.0 Å². The molecule has 0 spiro atoms. The van der Waals surface area contributed by atoms with E-state index in [0.29, 0.717) is 12.1 Å². The maximum absolute atomic E-state index is 11.6. The fraction of sp³-hybridized carbons (Fsp3) is 0.588. The summed E-state index contributed by atoms with van der Waals surface area (Å²) in [6.07, 6.45) is 4.93. The number of rotatable bonds is 8. The molecule has 1 aromatic carbocycles. The van der Waals surface area contributed by atoms with E-state index in [0.717, 1.165) is 38.0 Å². The first-order chi connectivity index (χ1) is 10.2. The molecular weight excluding hydrogens is 300 g/mol. The lowest BCUT2D eigenvalue weighted by molar-refractivity contribution is -0.115. The smallest absolute Gasteiger partial charge is 0.228 e. The number of amides is 1. The summed E-state index contributed by atoms with van der Waals surface area (Å²) >= 11 is 0. The van der Waals surface area contributed by atoms with Crippen LogP contribution in [0.4, 0.5) is 5.69 Å². The van der Waals surface area contributed by atoms with Gasteiger partial charge in [0.05, 0.1) is 12.1 Å². The van der Waals surface area contributed by atoms with Crippen LogP contribution in [0.5, 0.6) is 5.75 Å². The summed E-state index contributed by atoms with van der Waals surface area (Å²) in [4.78, 5) is 14.0. The van der Waals surface area contributed by atoms with Gasteiger partial charge in [-0.05, 0) is 49.5 Å². The topological polar surface area (TPSA) is 52.6 Å². The molecule has 0 saturated carbocycles. The summed E-state index contributed by atoms with van der Waals surface area (Å²) in [5, 5.41) is 12.6. The number of hydrogen-bond donors (Lipinski definition) is 2. The summed E-state index contributed by atoms with van der Waals surface area (Å²) in [6.45, 7) is 7.70. The molecule has 0 bridgehead atoms. The van der Waals surface area contributed by atoms with E-state index in [2.05, 4.69) is 24.1 Å². The predicted molar refractivity (Wildman–Crippen MR) is 93.0 cm³/mol. The minimum atomic E-state index is -0.0239. The SMILES string of the molecule is CCCCN(CCC)CCc1ccc(O)c2c1CC(=O)N2.Cl. The van der Waals surface area contributed by atoms with Gasteiger partial charge in [-0.3, -0.25) is 4.79 Å². The molecule has 0 radical (unpaired) electrons. The summed E-state index contributed by atoms with van der Waals surface area (Å²) in [5.74, 6) is 0.153. The van der Waals surface area contributed by atoms with Gasteiger partial charge in [-0.1, -0.05) is 26.3 Å². The summed E-state index contributed by atoms with van der Waals surface area (Å²) in [7, 11) is 0. The van der Waals surface area contributed by atoms with Gasteiger partial charge in [0.25, 0.3) is 0 Å². The van der Waals surface area contributed by atoms with E-state index in [1.54, 1.807) is 6.07 Å². The van der Waals surface area contributed by atoms with Crippen molar-refractivity contribution < 1.29 is 9.90 Å². The Morgan fingerprint density at radius 1 is 1.18 bits per heavy atom. The van der Waals surface area contributed by atoms with Crippen LogP contribution in [0.15, 0.2) is 12.1 Å². The Morgan fingerprint density at radius 2 is 1.95 bits per heavy atom. The van der Waals surface area contributed by atoms with Gasteiger partial charge in [0, 0.05) is 6.54 Å². The Morgan fingerprint density at radius 3 is 2.64 bits per heavy atom. The molecule has 124 valence electrons. The molecule has 0 unspecified atom stereocenters. The van der Waals surface area contributed by atoms with Crippen molar-refractivity contribution in [1.82, 2.24) is 4.90 Å². The monoisotopic (exact) mass is 326 g/mol. The number of hydrogen-bond acceptors (Lipinski definition) is 3. The number of anilines is 1. The minimum absolute atomic E-state index is 0. The van der Waals surface area contributed by atoms with Crippen LogP contribution in [0.3, 0.4) is 0 Å². The maximum atomic E-state index is 11.6. The number of halogens is 1. The molecule has 2 rings (SSSR count). The number of aromatic hydroxyl groups is 1. The zero-order valence-electron chi connectivity index (χ0n) is 13.5. The highest BCUT2D eigenvalue weighted by Crippen LogP contribution is 2.35. The van der Waals surface area contributed by atoms with Gasteiger partial charge in [-0.2, -0.15) is 0 Å². The number of carbonyl (C=O) groups is 1. The molecule has 0 saturated heterocycles. The molecule has 0 aromatic heterocycles. The maximum Gasteiger partial charge on any atom is 0.228 e. The van der Waals surface area contributed by atoms with Crippen molar-refractivity contribution in [3.05, 3.63) is 23.3 Å². The lowest BCUT2D eigenvalue weighted by Gasteiger charge is -2.22. The second-order valence-electron chi connectivity index (χ2n) is 5.77. The molecular formula is C17H27ClN2O2. The first-order valence-corrected chi connectivity index (χ1v) is 8.01. The molecule has 0 fully saturated rings. The number of carbonyl (C=O) groups excluding carboxylic acids is 1. The first kappa shape index (κ1) is 18.8. The first-order valence-electron chi connectivity index (χ1n) is 8.01. The molecule has 1 aliphatic heterocycles. The number of fused-ring (bicyclic) bond motifs is 1. The van der Waals surface area contributed by atoms with Gasteiger partial charge < -0.3 is 15.3 Å². The van der Waals surface area contributed by atoms with Crippen LogP contribution in [0, 0.1) is 0 Å². The van der Waals surface area contributed by atoms with Crippen LogP contribution < -0.4 is 5.32 Å². The number of phenols is 1. The fourth-order valence-electron chi connectivity index (χ4n) is 2.91. The minimum Gasteiger partial charge on any atom is -0.506 e. The second kappa shape index (κ2) is 9.01. The molecule has 5 heteroatoms. The zero-order valence-corrected chi connectivity index (χ0v) is 14.3. The largest absolute Gasteiger partial charge is 0.506 e. The third-order valence-electron chi connectivity index (χ3n) is 4.05. The van der Waals surface area contributed by atoms with Crippen LogP contribution in [0.25, 0.3) is 0 Å². The van der Waals surface area contributed by atoms with Crippen LogP contribution in [0.2, 0.25) is 0 Å². The molecule has 4 nitrogen and oxygen atoms in total. The highest BCUT2D eigenvalue weighted by atomic mass is 35.5. The summed E-state index contributed by atoms with van der Waals surface area (Å²) in [6, 6.07) is 3.65. The Kier molecular flexibility index (Phi) is 7.69. The average molecular weight is 327 g/mol. The van der Waals surface area contributed by atoms with Crippen molar-refractivity contribution in [2.75, 3.05) is 25.0 Å². The quantitative estimate of drug-likeness (QED) is 0.720. The van der Waals surface area contributed by atoms with Gasteiger partial charge in [0.1, 0.15) is 5.75 Å². The van der Waals surface area contributed by atoms with Crippen molar-refractivity contribution in [1.29, 1.82) is 0 Å². The van der Waals surface area contributed by atoms with E-state index < -0.39 is 0 Å². The Hall–Kier alpha value is -1.26. The zero-order chi connectivity index (χ0) is 15.2. The number of nitrogens with zero attached hydrogens (tertiary/aromatic N) is 1. The summed E-state index contributed by atoms with van der Waals surface area (Å²) in [5.41, 5.74) is 2.78. The number of unbranched alkanes of at least 4 members (excludes halogenated alkanes) is 1. The molecule has 22 heavy (non-hydrogen) atoms. The molecule has 2 N–H and O–H groups in total. The van der Waals surface area contributed by atoms with Gasteiger partial charge in [0.2, 0.25) is 5.91 Å². The van der Waals surface area contributed by atoms with E-state index in [1.807, 2.05) is 6.07 Å². The van der Waals surface area contributed by atoms with Gasteiger partial charge in [-0.15, -0.1) is 12.4 Å². The summed E-state index contributed by atoms with van der Waals surface area (Å²) < 4.78 is 0. The van der Waals surface area contributed by atoms with Crippen molar-refractivity contribution in [3.8, 4) is 5.75 Å². The second-order valence-corrected chi connectivity index (χ2v) is 5.77. The van der Waals surface area contributed by atoms with Crippen LogP contribution >= 0.6 is 12.4 Å². The van der Waals surface area contributed by atoms with E-state index in [9.17, 15) is 9.90 Å². The molecule has 1 heterocycles. The average Bonchev–Trinajstić information content (AvgIpc) is 2.86. The number of benzene rings is 1. The molecule has 0 atom stereocenters. The molecule has 1 aliphatic rings. The Labute approximate surface area is 139 Å². The van der Waals surface area contributed by atoms with Crippen LogP contribution in [0.1, 0.15) is 44.2 Å². The lowest BCUT2D eigenvalue weighted by Crippen LogP contribution is -2.28. The molecule has 0 aliphatic carbocycles.